The van der Waals surface area contributed by atoms with Gasteiger partial charge in [-0.25, -0.2) is 9.97 Å². The van der Waals surface area contributed by atoms with Crippen molar-refractivity contribution in [2.24, 2.45) is 0 Å². The maximum absolute atomic E-state index is 12.7. The third kappa shape index (κ3) is 3.83. The summed E-state index contributed by atoms with van der Waals surface area (Å²) >= 11 is 1.39. The van der Waals surface area contributed by atoms with Crippen molar-refractivity contribution in [1.82, 2.24) is 20.2 Å². The predicted octanol–water partition coefficient (Wildman–Crippen LogP) is 3.25. The van der Waals surface area contributed by atoms with Crippen molar-refractivity contribution >= 4 is 33.4 Å². The van der Waals surface area contributed by atoms with E-state index < -0.39 is 0 Å². The highest BCUT2D eigenvalue weighted by molar-refractivity contribution is 7.20. The number of carbonyl (C=O) groups excluding carboxylic acids is 2. The third-order valence-corrected chi connectivity index (χ3v) is 5.53. The van der Waals surface area contributed by atoms with Gasteiger partial charge in [0.15, 0.2) is 0 Å². The number of fused-ring (bicyclic) bond motifs is 1. The summed E-state index contributed by atoms with van der Waals surface area (Å²) < 4.78 is 0. The molecule has 0 aliphatic heterocycles. The van der Waals surface area contributed by atoms with E-state index in [1.807, 2.05) is 32.9 Å². The number of carbonyl (C=O) groups is 2. The molecule has 3 aromatic rings. The normalized spacial score (nSPS) is 10.9. The standard InChI is InChI=1S/C20H22N4O2S/c1-11-16-12(2)22-13(3)23-19(16)27-17(11)18(25)21-10-14-6-8-15(9-7-14)20(26)24(4)5/h6-9H,10H2,1-5H3,(H,21,25). The van der Waals surface area contributed by atoms with E-state index in [1.165, 1.54) is 16.2 Å². The van der Waals surface area contributed by atoms with Crippen LogP contribution >= 0.6 is 11.3 Å². The van der Waals surface area contributed by atoms with E-state index in [0.717, 1.165) is 27.0 Å². The van der Waals surface area contributed by atoms with Crippen LogP contribution in [0.1, 0.15) is 42.7 Å². The lowest BCUT2D eigenvalue weighted by atomic mass is 10.1. The molecular formula is C20H22N4O2S. The van der Waals surface area contributed by atoms with Crippen LogP contribution in [0.4, 0.5) is 0 Å². The summed E-state index contributed by atoms with van der Waals surface area (Å²) in [7, 11) is 3.44. The zero-order valence-corrected chi connectivity index (χ0v) is 16.9. The van der Waals surface area contributed by atoms with Gasteiger partial charge in [0.25, 0.3) is 11.8 Å². The van der Waals surface area contributed by atoms with Crippen molar-refractivity contribution in [3.63, 3.8) is 0 Å². The highest BCUT2D eigenvalue weighted by Gasteiger charge is 2.18. The van der Waals surface area contributed by atoms with E-state index in [0.29, 0.717) is 22.8 Å². The van der Waals surface area contributed by atoms with E-state index >= 15 is 0 Å². The van der Waals surface area contributed by atoms with Gasteiger partial charge in [-0.05, 0) is 44.0 Å². The molecule has 0 aliphatic rings. The van der Waals surface area contributed by atoms with E-state index in [2.05, 4.69) is 15.3 Å². The van der Waals surface area contributed by atoms with Gasteiger partial charge in [-0.2, -0.15) is 0 Å². The van der Waals surface area contributed by atoms with E-state index in [9.17, 15) is 9.59 Å². The maximum atomic E-state index is 12.7. The number of amides is 2. The van der Waals surface area contributed by atoms with Gasteiger partial charge in [0.2, 0.25) is 0 Å². The first-order valence-electron chi connectivity index (χ1n) is 8.61. The molecule has 140 valence electrons. The number of hydrogen-bond acceptors (Lipinski definition) is 5. The first kappa shape index (κ1) is 19.0. The van der Waals surface area contributed by atoms with Crippen molar-refractivity contribution in [3.05, 3.63) is 57.4 Å². The van der Waals surface area contributed by atoms with Gasteiger partial charge >= 0.3 is 0 Å². The van der Waals surface area contributed by atoms with Crippen molar-refractivity contribution in [2.45, 2.75) is 27.3 Å². The Morgan fingerprint density at radius 3 is 2.37 bits per heavy atom. The van der Waals surface area contributed by atoms with Crippen LogP contribution < -0.4 is 5.32 Å². The first-order chi connectivity index (χ1) is 12.8. The van der Waals surface area contributed by atoms with Crippen LogP contribution in [-0.4, -0.2) is 40.8 Å². The molecule has 1 N–H and O–H groups in total. The molecule has 6 nitrogen and oxygen atoms in total. The van der Waals surface area contributed by atoms with Crippen LogP contribution in [-0.2, 0) is 6.54 Å². The molecule has 0 spiro atoms. The summed E-state index contributed by atoms with van der Waals surface area (Å²) in [6.45, 7) is 6.12. The minimum atomic E-state index is -0.124. The lowest BCUT2D eigenvalue weighted by molar-refractivity contribution is 0.0827. The fraction of sp³-hybridized carbons (Fsp3) is 0.300. The summed E-state index contributed by atoms with van der Waals surface area (Å²) in [5.41, 5.74) is 3.37. The highest BCUT2D eigenvalue weighted by atomic mass is 32.1. The van der Waals surface area contributed by atoms with E-state index in [1.54, 1.807) is 26.2 Å². The third-order valence-electron chi connectivity index (χ3n) is 4.35. The minimum absolute atomic E-state index is 0.0433. The molecule has 0 aliphatic carbocycles. The zero-order chi connectivity index (χ0) is 19.7. The lowest BCUT2D eigenvalue weighted by Gasteiger charge is -2.10. The van der Waals surface area contributed by atoms with Gasteiger partial charge in [-0.3, -0.25) is 9.59 Å². The second-order valence-corrected chi connectivity index (χ2v) is 7.67. The van der Waals surface area contributed by atoms with Gasteiger partial charge in [-0.15, -0.1) is 11.3 Å². The molecule has 0 saturated heterocycles. The molecule has 2 amide bonds. The molecule has 0 radical (unpaired) electrons. The zero-order valence-electron chi connectivity index (χ0n) is 16.1. The summed E-state index contributed by atoms with van der Waals surface area (Å²) in [5, 5.41) is 3.91. The molecule has 3 rings (SSSR count). The molecular weight excluding hydrogens is 360 g/mol. The number of nitrogens with one attached hydrogen (secondary N) is 1. The Morgan fingerprint density at radius 1 is 1.07 bits per heavy atom. The molecule has 2 aromatic heterocycles. The van der Waals surface area contributed by atoms with Crippen molar-refractivity contribution in [3.8, 4) is 0 Å². The Morgan fingerprint density at radius 2 is 1.74 bits per heavy atom. The average Bonchev–Trinajstić information content (AvgIpc) is 2.96. The molecule has 7 heteroatoms. The molecule has 0 atom stereocenters. The highest BCUT2D eigenvalue weighted by Crippen LogP contribution is 2.31. The Bertz CT molecular complexity index is 1020. The van der Waals surface area contributed by atoms with Crippen LogP contribution in [0.15, 0.2) is 24.3 Å². The summed E-state index contributed by atoms with van der Waals surface area (Å²) in [4.78, 5) is 36.5. The molecule has 2 heterocycles. The fourth-order valence-electron chi connectivity index (χ4n) is 2.98. The van der Waals surface area contributed by atoms with Crippen LogP contribution in [0.2, 0.25) is 0 Å². The smallest absolute Gasteiger partial charge is 0.261 e. The Labute approximate surface area is 162 Å². The Hall–Kier alpha value is -2.80. The number of nitrogens with zero attached hydrogens (tertiary/aromatic N) is 3. The molecule has 0 unspecified atom stereocenters. The quantitative estimate of drug-likeness (QED) is 0.752. The molecule has 0 saturated carbocycles. The molecule has 27 heavy (non-hydrogen) atoms. The molecule has 0 bridgehead atoms. The number of benzene rings is 1. The topological polar surface area (TPSA) is 75.2 Å². The Kier molecular flexibility index (Phi) is 5.23. The second kappa shape index (κ2) is 7.44. The SMILES string of the molecule is Cc1nc(C)c2c(C)c(C(=O)NCc3ccc(C(=O)N(C)C)cc3)sc2n1. The van der Waals surface area contributed by atoms with Crippen LogP contribution in [0, 0.1) is 20.8 Å². The number of hydrogen-bond donors (Lipinski definition) is 1. The van der Waals surface area contributed by atoms with Crippen LogP contribution in [0.25, 0.3) is 10.2 Å². The lowest BCUT2D eigenvalue weighted by Crippen LogP contribution is -2.23. The van der Waals surface area contributed by atoms with Crippen molar-refractivity contribution < 1.29 is 9.59 Å². The van der Waals surface area contributed by atoms with Crippen LogP contribution in [0.5, 0.6) is 0 Å². The van der Waals surface area contributed by atoms with Crippen molar-refractivity contribution in [2.75, 3.05) is 14.1 Å². The van der Waals surface area contributed by atoms with Crippen molar-refractivity contribution in [1.29, 1.82) is 0 Å². The predicted molar refractivity (Wildman–Crippen MR) is 107 cm³/mol. The summed E-state index contributed by atoms with van der Waals surface area (Å²) in [5.74, 6) is 0.542. The van der Waals surface area contributed by atoms with Gasteiger partial charge in [0, 0.05) is 37.3 Å². The molecule has 1 aromatic carbocycles. The van der Waals surface area contributed by atoms with Gasteiger partial charge in [-0.1, -0.05) is 12.1 Å². The average molecular weight is 382 g/mol. The van der Waals surface area contributed by atoms with Gasteiger partial charge < -0.3 is 10.2 Å². The van der Waals surface area contributed by atoms with Gasteiger partial charge in [0.05, 0.1) is 4.88 Å². The number of aryl methyl sites for hydroxylation is 3. The molecule has 0 fully saturated rings. The van der Waals surface area contributed by atoms with E-state index in [4.69, 9.17) is 0 Å². The number of rotatable bonds is 4. The monoisotopic (exact) mass is 382 g/mol. The minimum Gasteiger partial charge on any atom is -0.347 e. The maximum Gasteiger partial charge on any atom is 0.261 e. The van der Waals surface area contributed by atoms with E-state index in [-0.39, 0.29) is 11.8 Å². The first-order valence-corrected chi connectivity index (χ1v) is 9.42. The second-order valence-electron chi connectivity index (χ2n) is 6.67. The van der Waals surface area contributed by atoms with Crippen LogP contribution in [0.3, 0.4) is 0 Å². The largest absolute Gasteiger partial charge is 0.347 e. The summed E-state index contributed by atoms with van der Waals surface area (Å²) in [6.07, 6.45) is 0. The fourth-order valence-corrected chi connectivity index (χ4v) is 4.17. The number of thiophene rings is 1. The van der Waals surface area contributed by atoms with Gasteiger partial charge in [0.1, 0.15) is 10.7 Å². The summed E-state index contributed by atoms with van der Waals surface area (Å²) in [6, 6.07) is 7.26. The number of aromatic nitrogens is 2. The Balaban J connectivity index is 1.75.